The second kappa shape index (κ2) is 13.0. The van der Waals surface area contributed by atoms with Crippen molar-refractivity contribution in [2.45, 2.75) is 26.1 Å². The molecule has 0 unspecified atom stereocenters. The van der Waals surface area contributed by atoms with Crippen LogP contribution in [0, 0.1) is 0 Å². The van der Waals surface area contributed by atoms with Crippen molar-refractivity contribution in [3.63, 3.8) is 0 Å². The number of carbonyl (C=O) groups is 2. The highest BCUT2D eigenvalue weighted by atomic mass is 16.5. The number of hydrogen-bond acceptors (Lipinski definition) is 8. The van der Waals surface area contributed by atoms with Crippen LogP contribution in [0.2, 0.25) is 0 Å². The summed E-state index contributed by atoms with van der Waals surface area (Å²) in [6.07, 6.45) is 4.09. The molecule has 0 saturated heterocycles. The molecule has 1 aliphatic heterocycles. The van der Waals surface area contributed by atoms with Gasteiger partial charge in [0.05, 0.1) is 25.3 Å². The number of urea groups is 1. The Balaban J connectivity index is 1.65. The molecule has 0 radical (unpaired) electrons. The van der Waals surface area contributed by atoms with E-state index in [1.165, 1.54) is 13.3 Å². The lowest BCUT2D eigenvalue weighted by atomic mass is 9.95. The van der Waals surface area contributed by atoms with Gasteiger partial charge in [-0.25, -0.2) is 9.59 Å². The smallest absolute Gasteiger partial charge is 0.337 e. The number of ether oxygens (including phenoxy) is 3. The zero-order valence-corrected chi connectivity index (χ0v) is 20.4. The largest absolute Gasteiger partial charge is 0.490 e. The van der Waals surface area contributed by atoms with E-state index in [-0.39, 0.29) is 12.2 Å². The van der Waals surface area contributed by atoms with Crippen molar-refractivity contribution in [1.82, 2.24) is 16.1 Å². The van der Waals surface area contributed by atoms with E-state index in [1.54, 1.807) is 31.2 Å². The number of methoxy groups -OCH3 is 1. The minimum absolute atomic E-state index is 0.102. The molecule has 3 rings (SSSR count). The van der Waals surface area contributed by atoms with E-state index in [4.69, 9.17) is 14.2 Å². The van der Waals surface area contributed by atoms with E-state index in [0.29, 0.717) is 29.4 Å². The maximum atomic E-state index is 12.3. The average molecular weight is 495 g/mol. The Morgan fingerprint density at radius 1 is 1.19 bits per heavy atom. The highest BCUT2D eigenvalue weighted by Crippen LogP contribution is 2.34. The molecule has 0 spiro atoms. The van der Waals surface area contributed by atoms with Gasteiger partial charge in [0.1, 0.15) is 6.61 Å². The third-order valence-electron chi connectivity index (χ3n) is 5.14. The molecule has 1 heterocycles. The zero-order chi connectivity index (χ0) is 25.9. The molecule has 0 bridgehead atoms. The number of hydrogen-bond donors (Lipinski definition) is 4. The molecule has 36 heavy (non-hydrogen) atoms. The van der Waals surface area contributed by atoms with Crippen LogP contribution < -0.4 is 25.5 Å². The van der Waals surface area contributed by atoms with Crippen molar-refractivity contribution in [3.05, 3.63) is 77.0 Å². The molecule has 10 heteroatoms. The van der Waals surface area contributed by atoms with Gasteiger partial charge < -0.3 is 30.0 Å². The van der Waals surface area contributed by atoms with Gasteiger partial charge >= 0.3 is 12.0 Å². The van der Waals surface area contributed by atoms with E-state index >= 15 is 0 Å². The number of aliphatic hydroxyl groups excluding tert-OH is 1. The van der Waals surface area contributed by atoms with E-state index in [2.05, 4.69) is 21.2 Å². The fraction of sp³-hybridized carbons (Fsp3) is 0.269. The first kappa shape index (κ1) is 26.3. The Morgan fingerprint density at radius 2 is 1.97 bits per heavy atom. The fourth-order valence-electron chi connectivity index (χ4n) is 3.51. The van der Waals surface area contributed by atoms with Crippen molar-refractivity contribution in [2.24, 2.45) is 5.10 Å². The van der Waals surface area contributed by atoms with Gasteiger partial charge in [-0.1, -0.05) is 42.5 Å². The van der Waals surface area contributed by atoms with E-state index in [1.807, 2.05) is 43.3 Å². The SMILES string of the molecule is CCOc1cc([C@@H]2NC(=O)NC(C)=C2C(=O)OC)ccc1OC[C@H](O)N/N=C\C=C\c1ccccc1. The van der Waals surface area contributed by atoms with Gasteiger partial charge in [-0.2, -0.15) is 5.10 Å². The van der Waals surface area contributed by atoms with Crippen LogP contribution in [-0.4, -0.2) is 49.9 Å². The number of hydrazone groups is 1. The molecular weight excluding hydrogens is 464 g/mol. The lowest BCUT2D eigenvalue weighted by Gasteiger charge is -2.28. The lowest BCUT2D eigenvalue weighted by molar-refractivity contribution is -0.136. The molecule has 2 atom stereocenters. The van der Waals surface area contributed by atoms with Crippen LogP contribution in [0.3, 0.4) is 0 Å². The van der Waals surface area contributed by atoms with E-state index in [0.717, 1.165) is 5.56 Å². The number of nitrogens with zero attached hydrogens (tertiary/aromatic N) is 1. The number of aliphatic hydroxyl groups is 1. The molecule has 0 aliphatic carbocycles. The molecule has 0 saturated carbocycles. The van der Waals surface area contributed by atoms with Crippen molar-refractivity contribution in [2.75, 3.05) is 20.3 Å². The summed E-state index contributed by atoms with van der Waals surface area (Å²) < 4.78 is 16.3. The van der Waals surface area contributed by atoms with Crippen molar-refractivity contribution in [1.29, 1.82) is 0 Å². The van der Waals surface area contributed by atoms with Crippen LogP contribution in [0.5, 0.6) is 11.5 Å². The molecule has 0 aromatic heterocycles. The highest BCUT2D eigenvalue weighted by Gasteiger charge is 2.32. The van der Waals surface area contributed by atoms with Crippen LogP contribution in [0.25, 0.3) is 6.08 Å². The second-order valence-electron chi connectivity index (χ2n) is 7.70. The summed E-state index contributed by atoms with van der Waals surface area (Å²) in [6, 6.07) is 13.6. The predicted molar refractivity (Wildman–Crippen MR) is 135 cm³/mol. The molecule has 10 nitrogen and oxygen atoms in total. The Labute approximate surface area is 209 Å². The summed E-state index contributed by atoms with van der Waals surface area (Å²) in [6.45, 7) is 3.71. The molecule has 2 aromatic rings. The Bertz CT molecular complexity index is 1150. The maximum absolute atomic E-state index is 12.3. The third kappa shape index (κ3) is 7.09. The first-order valence-electron chi connectivity index (χ1n) is 11.4. The topological polar surface area (TPSA) is 131 Å². The first-order valence-corrected chi connectivity index (χ1v) is 11.4. The molecule has 4 N–H and O–H groups in total. The summed E-state index contributed by atoms with van der Waals surface area (Å²) >= 11 is 0. The van der Waals surface area contributed by atoms with Gasteiger partial charge in [-0.05, 0) is 43.2 Å². The Morgan fingerprint density at radius 3 is 2.69 bits per heavy atom. The number of amides is 2. The van der Waals surface area contributed by atoms with Gasteiger partial charge in [-0.3, -0.25) is 5.43 Å². The van der Waals surface area contributed by atoms with E-state index < -0.39 is 24.3 Å². The molecular formula is C26H30N4O6. The Hall–Kier alpha value is -4.31. The number of esters is 1. The quantitative estimate of drug-likeness (QED) is 0.164. The zero-order valence-electron chi connectivity index (χ0n) is 20.4. The molecule has 1 aliphatic rings. The third-order valence-corrected chi connectivity index (χ3v) is 5.14. The highest BCUT2D eigenvalue weighted by molar-refractivity contribution is 5.95. The summed E-state index contributed by atoms with van der Waals surface area (Å²) in [5, 5.41) is 19.4. The Kier molecular flexibility index (Phi) is 9.47. The summed E-state index contributed by atoms with van der Waals surface area (Å²) in [5.41, 5.74) is 4.91. The maximum Gasteiger partial charge on any atom is 0.337 e. The lowest BCUT2D eigenvalue weighted by Crippen LogP contribution is -2.45. The molecule has 0 fully saturated rings. The molecule has 2 aromatic carbocycles. The van der Waals surface area contributed by atoms with Gasteiger partial charge in [0, 0.05) is 11.9 Å². The average Bonchev–Trinajstić information content (AvgIpc) is 2.87. The van der Waals surface area contributed by atoms with Crippen LogP contribution in [0.4, 0.5) is 4.79 Å². The second-order valence-corrected chi connectivity index (χ2v) is 7.70. The number of nitrogens with one attached hydrogen (secondary N) is 3. The van der Waals surface area contributed by atoms with Crippen molar-refractivity contribution >= 4 is 24.3 Å². The first-order chi connectivity index (χ1) is 17.4. The number of allylic oxidation sites excluding steroid dienone is 2. The van der Waals surface area contributed by atoms with Crippen LogP contribution in [-0.2, 0) is 9.53 Å². The monoisotopic (exact) mass is 494 g/mol. The normalized spacial score (nSPS) is 16.4. The van der Waals surface area contributed by atoms with Gasteiger partial charge in [0.15, 0.2) is 17.7 Å². The minimum atomic E-state index is -1.07. The minimum Gasteiger partial charge on any atom is -0.490 e. The summed E-state index contributed by atoms with van der Waals surface area (Å²) in [5.74, 6) is 0.220. The standard InChI is InChI=1S/C26H30N4O6/c1-4-35-21-15-19(24-23(25(32)34-3)17(2)28-26(33)29-24)12-13-20(21)36-16-22(31)30-27-14-8-11-18-9-6-5-7-10-18/h5-15,22,24,30-31H,4,16H2,1-3H3,(H2,28,29,33)/b11-8+,27-14-/t22-,24-/m0/s1. The number of carbonyl (C=O) groups excluding carboxylic acids is 2. The molecule has 190 valence electrons. The van der Waals surface area contributed by atoms with Gasteiger partial charge in [-0.15, -0.1) is 0 Å². The summed E-state index contributed by atoms with van der Waals surface area (Å²) in [4.78, 5) is 24.4. The fourth-order valence-corrected chi connectivity index (χ4v) is 3.51. The number of benzene rings is 2. The predicted octanol–water partition coefficient (Wildman–Crippen LogP) is 2.87. The van der Waals surface area contributed by atoms with Crippen LogP contribution in [0.1, 0.15) is 31.0 Å². The van der Waals surface area contributed by atoms with Crippen molar-refractivity contribution in [3.8, 4) is 11.5 Å². The molecule has 2 amide bonds. The van der Waals surface area contributed by atoms with Crippen LogP contribution >= 0.6 is 0 Å². The summed E-state index contributed by atoms with van der Waals surface area (Å²) in [7, 11) is 1.28. The number of rotatable bonds is 11. The van der Waals surface area contributed by atoms with Crippen LogP contribution in [0.15, 0.2) is 71.0 Å². The van der Waals surface area contributed by atoms with E-state index in [9.17, 15) is 14.7 Å². The van der Waals surface area contributed by atoms with Gasteiger partial charge in [0.25, 0.3) is 0 Å². The van der Waals surface area contributed by atoms with Crippen molar-refractivity contribution < 1.29 is 28.9 Å². The van der Waals surface area contributed by atoms with Gasteiger partial charge in [0.2, 0.25) is 0 Å².